The molecule has 1 aromatic carbocycles. The van der Waals surface area contributed by atoms with Crippen LogP contribution in [0.4, 0.5) is 0 Å². The van der Waals surface area contributed by atoms with Crippen LogP contribution < -0.4 is 5.32 Å². The minimum atomic E-state index is -0.995. The van der Waals surface area contributed by atoms with Crippen LogP contribution in [-0.4, -0.2) is 43.8 Å². The first kappa shape index (κ1) is 20.2. The van der Waals surface area contributed by atoms with Gasteiger partial charge in [0, 0.05) is 12.5 Å². The minimum absolute atomic E-state index is 0.129. The van der Waals surface area contributed by atoms with E-state index in [2.05, 4.69) is 11.9 Å². The summed E-state index contributed by atoms with van der Waals surface area (Å²) >= 11 is 0. The molecule has 2 heterocycles. The summed E-state index contributed by atoms with van der Waals surface area (Å²) in [7, 11) is 1.29. The van der Waals surface area contributed by atoms with Crippen LogP contribution in [0, 0.1) is 18.8 Å². The number of Topliss-reactive ketones (excluding diaryl/α,β-unsaturated/α-hetero) is 1. The molecule has 0 bridgehead atoms. The molecule has 0 amide bonds. The lowest BCUT2D eigenvalue weighted by Gasteiger charge is -2.35. The maximum atomic E-state index is 12.8. The number of carbonyl (C=O) groups excluding carboxylic acids is 3. The zero-order valence-electron chi connectivity index (χ0n) is 16.1. The number of esters is 2. The molecule has 2 aliphatic rings. The third-order valence-corrected chi connectivity index (χ3v) is 5.37. The third kappa shape index (κ3) is 3.86. The van der Waals surface area contributed by atoms with Crippen LogP contribution in [-0.2, 0) is 28.6 Å². The fraction of sp³-hybridized carbons (Fsp3) is 0.476. The van der Waals surface area contributed by atoms with E-state index in [1.54, 1.807) is 6.08 Å². The van der Waals surface area contributed by atoms with Crippen molar-refractivity contribution in [2.75, 3.05) is 13.7 Å². The van der Waals surface area contributed by atoms with Gasteiger partial charge in [0.25, 0.3) is 0 Å². The quantitative estimate of drug-likeness (QED) is 0.588. The van der Waals surface area contributed by atoms with E-state index >= 15 is 0 Å². The number of hydrogen-bond donors (Lipinski definition) is 1. The lowest BCUT2D eigenvalue weighted by molar-refractivity contribution is -0.211. The molecule has 28 heavy (non-hydrogen) atoms. The Morgan fingerprint density at radius 1 is 1.36 bits per heavy atom. The maximum absolute atomic E-state index is 12.8. The zero-order chi connectivity index (χ0) is 20.3. The number of carbonyl (C=O) groups is 3. The number of methoxy groups -OCH3 is 1. The smallest absolute Gasteiger partial charge is 0.323 e. The molecule has 5 atom stereocenters. The van der Waals surface area contributed by atoms with Crippen molar-refractivity contribution in [2.45, 2.75) is 38.1 Å². The molecule has 0 unspecified atom stereocenters. The lowest BCUT2D eigenvalue weighted by Crippen LogP contribution is -2.49. The van der Waals surface area contributed by atoms with Crippen molar-refractivity contribution >= 4 is 17.7 Å². The van der Waals surface area contributed by atoms with Crippen molar-refractivity contribution < 1.29 is 28.6 Å². The van der Waals surface area contributed by atoms with E-state index in [4.69, 9.17) is 14.2 Å². The van der Waals surface area contributed by atoms with Gasteiger partial charge in [0.1, 0.15) is 12.6 Å². The SMILES string of the molecule is C=CCCC(=O)O[C@H]1OCC(=O)[C@H]2[C@@H]1[C@@H](C(=O)OC)N[C@H]2c1ccccc1C. The predicted octanol–water partition coefficient (Wildman–Crippen LogP) is 1.85. The van der Waals surface area contributed by atoms with E-state index < -0.39 is 36.1 Å². The van der Waals surface area contributed by atoms with E-state index in [-0.39, 0.29) is 24.9 Å². The van der Waals surface area contributed by atoms with Crippen LogP contribution in [0.25, 0.3) is 0 Å². The molecule has 1 aromatic rings. The molecule has 1 N–H and O–H groups in total. The van der Waals surface area contributed by atoms with Crippen LogP contribution in [0.15, 0.2) is 36.9 Å². The second kappa shape index (κ2) is 8.67. The average Bonchev–Trinajstić information content (AvgIpc) is 3.10. The van der Waals surface area contributed by atoms with Gasteiger partial charge in [-0.3, -0.25) is 19.7 Å². The fourth-order valence-corrected chi connectivity index (χ4v) is 4.03. The van der Waals surface area contributed by atoms with Gasteiger partial charge in [0.15, 0.2) is 5.78 Å². The first-order chi connectivity index (χ1) is 13.5. The van der Waals surface area contributed by atoms with Crippen molar-refractivity contribution in [2.24, 2.45) is 11.8 Å². The largest absolute Gasteiger partial charge is 0.468 e. The Hall–Kier alpha value is -2.51. The van der Waals surface area contributed by atoms with Gasteiger partial charge in [-0.2, -0.15) is 0 Å². The van der Waals surface area contributed by atoms with E-state index in [1.165, 1.54) is 7.11 Å². The van der Waals surface area contributed by atoms with Gasteiger partial charge in [0.05, 0.1) is 18.9 Å². The topological polar surface area (TPSA) is 90.9 Å². The second-order valence-electron chi connectivity index (χ2n) is 7.07. The number of hydrogen-bond acceptors (Lipinski definition) is 7. The van der Waals surface area contributed by atoms with Crippen molar-refractivity contribution in [1.82, 2.24) is 5.32 Å². The molecular weight excluding hydrogens is 362 g/mol. The molecule has 0 saturated carbocycles. The van der Waals surface area contributed by atoms with Gasteiger partial charge in [-0.05, 0) is 24.5 Å². The molecular formula is C21H25NO6. The second-order valence-corrected chi connectivity index (χ2v) is 7.07. The Bertz CT molecular complexity index is 776. The van der Waals surface area contributed by atoms with E-state index in [9.17, 15) is 14.4 Å². The van der Waals surface area contributed by atoms with Crippen LogP contribution >= 0.6 is 0 Å². The van der Waals surface area contributed by atoms with Gasteiger partial charge in [-0.25, -0.2) is 0 Å². The minimum Gasteiger partial charge on any atom is -0.468 e. The molecule has 2 saturated heterocycles. The number of nitrogens with one attached hydrogen (secondary N) is 1. The summed E-state index contributed by atoms with van der Waals surface area (Å²) in [5, 5.41) is 3.23. The summed E-state index contributed by atoms with van der Waals surface area (Å²) in [5.74, 6) is -2.32. The Morgan fingerprint density at radius 2 is 2.11 bits per heavy atom. The first-order valence-electron chi connectivity index (χ1n) is 9.32. The Labute approximate surface area is 164 Å². The molecule has 0 aliphatic carbocycles. The van der Waals surface area contributed by atoms with Crippen LogP contribution in [0.5, 0.6) is 0 Å². The van der Waals surface area contributed by atoms with Gasteiger partial charge >= 0.3 is 11.9 Å². The summed E-state index contributed by atoms with van der Waals surface area (Å²) in [6, 6.07) is 6.48. The Kier molecular flexibility index (Phi) is 6.26. The molecule has 150 valence electrons. The lowest BCUT2D eigenvalue weighted by atomic mass is 9.79. The highest BCUT2D eigenvalue weighted by Gasteiger charge is 2.57. The van der Waals surface area contributed by atoms with Gasteiger partial charge in [-0.1, -0.05) is 30.3 Å². The molecule has 0 spiro atoms. The highest BCUT2D eigenvalue weighted by atomic mass is 16.7. The summed E-state index contributed by atoms with van der Waals surface area (Å²) in [4.78, 5) is 37.3. The van der Waals surface area contributed by atoms with Crippen molar-refractivity contribution in [3.05, 3.63) is 48.0 Å². The highest BCUT2D eigenvalue weighted by Crippen LogP contribution is 2.44. The van der Waals surface area contributed by atoms with Crippen molar-refractivity contribution in [3.8, 4) is 0 Å². The monoisotopic (exact) mass is 387 g/mol. The number of aryl methyl sites for hydroxylation is 1. The molecule has 3 rings (SSSR count). The summed E-state index contributed by atoms with van der Waals surface area (Å²) < 4.78 is 15.9. The summed E-state index contributed by atoms with van der Waals surface area (Å²) in [6.07, 6.45) is 1.26. The van der Waals surface area contributed by atoms with Crippen molar-refractivity contribution in [1.29, 1.82) is 0 Å². The number of ketones is 1. The predicted molar refractivity (Wildman–Crippen MR) is 100 cm³/mol. The maximum Gasteiger partial charge on any atom is 0.323 e. The van der Waals surface area contributed by atoms with Crippen LogP contribution in [0.2, 0.25) is 0 Å². The first-order valence-corrected chi connectivity index (χ1v) is 9.32. The standard InChI is InChI=1S/C21H25NO6/c1-4-5-10-15(24)28-21-17-16(14(23)11-27-21)18(22-19(17)20(25)26-3)13-9-7-6-8-12(13)2/h4,6-9,16-19,21-22H,1,5,10-11H2,2-3H3/t16-,17+,18-,19-,21+/m0/s1. The normalized spacial score (nSPS) is 29.1. The number of allylic oxidation sites excluding steroid dienone is 1. The molecule has 7 nitrogen and oxygen atoms in total. The Morgan fingerprint density at radius 3 is 2.79 bits per heavy atom. The van der Waals surface area contributed by atoms with Crippen LogP contribution in [0.1, 0.15) is 30.0 Å². The number of rotatable bonds is 6. The molecule has 7 heteroatoms. The number of fused-ring (bicyclic) bond motifs is 1. The fourth-order valence-electron chi connectivity index (χ4n) is 4.03. The molecule has 2 aliphatic heterocycles. The van der Waals surface area contributed by atoms with E-state index in [0.29, 0.717) is 6.42 Å². The van der Waals surface area contributed by atoms with Gasteiger partial charge in [0.2, 0.25) is 6.29 Å². The summed E-state index contributed by atoms with van der Waals surface area (Å²) in [5.41, 5.74) is 1.93. The van der Waals surface area contributed by atoms with Crippen molar-refractivity contribution in [3.63, 3.8) is 0 Å². The average molecular weight is 387 g/mol. The molecule has 0 aromatic heterocycles. The van der Waals surface area contributed by atoms with Gasteiger partial charge < -0.3 is 14.2 Å². The van der Waals surface area contributed by atoms with E-state index in [0.717, 1.165) is 11.1 Å². The zero-order valence-corrected chi connectivity index (χ0v) is 16.1. The highest BCUT2D eigenvalue weighted by molar-refractivity contribution is 5.87. The molecule has 2 fully saturated rings. The van der Waals surface area contributed by atoms with Crippen LogP contribution in [0.3, 0.4) is 0 Å². The van der Waals surface area contributed by atoms with E-state index in [1.807, 2.05) is 31.2 Å². The Balaban J connectivity index is 1.93. The number of ether oxygens (including phenoxy) is 3. The third-order valence-electron chi connectivity index (χ3n) is 5.37. The van der Waals surface area contributed by atoms with Gasteiger partial charge in [-0.15, -0.1) is 6.58 Å². The summed E-state index contributed by atoms with van der Waals surface area (Å²) in [6.45, 7) is 5.37. The number of benzene rings is 1. The molecule has 0 radical (unpaired) electrons.